The highest BCUT2D eigenvalue weighted by molar-refractivity contribution is 7.48. The van der Waals surface area contributed by atoms with E-state index in [1.807, 2.05) is 109 Å². The molecule has 0 bridgehead atoms. The second-order valence-electron chi connectivity index (χ2n) is 11.6. The Hall–Kier alpha value is -3.24. The quantitative estimate of drug-likeness (QED) is 0.119. The van der Waals surface area contributed by atoms with E-state index in [4.69, 9.17) is 36.6 Å². The Bertz CT molecular complexity index is 1610. The van der Waals surface area contributed by atoms with E-state index >= 15 is 0 Å². The summed E-state index contributed by atoms with van der Waals surface area (Å²) in [6.45, 7) is 0.439. The molecule has 250 valence electrons. The fourth-order valence-corrected chi connectivity index (χ4v) is 8.31. The lowest BCUT2D eigenvalue weighted by Gasteiger charge is -2.39. The normalized spacial score (nSPS) is 24.5. The van der Waals surface area contributed by atoms with Gasteiger partial charge in [0.1, 0.15) is 24.4 Å². The minimum atomic E-state index is -4.23. The summed E-state index contributed by atoms with van der Waals surface area (Å²) >= 11 is 0. The zero-order valence-corrected chi connectivity index (χ0v) is 27.9. The van der Waals surface area contributed by atoms with Gasteiger partial charge in [0.05, 0.1) is 39.6 Å². The number of benzene rings is 4. The van der Waals surface area contributed by atoms with E-state index in [0.29, 0.717) is 0 Å². The van der Waals surface area contributed by atoms with Crippen molar-refractivity contribution in [2.75, 3.05) is 0 Å². The van der Waals surface area contributed by atoms with E-state index in [1.54, 1.807) is 12.2 Å². The van der Waals surface area contributed by atoms with E-state index in [0.717, 1.165) is 33.4 Å². The zero-order valence-electron chi connectivity index (χ0n) is 26.1. The van der Waals surface area contributed by atoms with Crippen LogP contribution in [0.3, 0.4) is 0 Å². The number of phosphoric acid groups is 2. The van der Waals surface area contributed by atoms with Crippen molar-refractivity contribution in [1.82, 2.24) is 0 Å². The van der Waals surface area contributed by atoms with Crippen molar-refractivity contribution in [2.45, 2.75) is 64.1 Å². The molecule has 0 saturated carbocycles. The van der Waals surface area contributed by atoms with Gasteiger partial charge in [-0.3, -0.25) is 27.1 Å². The standard InChI is InChI=1S/C36H36O10P2/c37-47(41-23-29-15-7-8-16-30(29)24-42-47)45-35-33(39-21-27-11-3-1-4-12-27)19-20-34(40-22-28-13-5-2-6-14-28)36(35)46-48(38)43-25-31-17-9-10-18-32(31)26-44-48/h1-20,33-36H,21-26H2/t33-,34-,35+,36+/m0/s1. The van der Waals surface area contributed by atoms with Gasteiger partial charge in [-0.15, -0.1) is 0 Å². The first-order valence-corrected chi connectivity index (χ1v) is 18.7. The van der Waals surface area contributed by atoms with Gasteiger partial charge in [0.15, 0.2) is 0 Å². The van der Waals surface area contributed by atoms with E-state index in [9.17, 15) is 9.13 Å². The molecule has 0 spiro atoms. The molecule has 2 heterocycles. The van der Waals surface area contributed by atoms with Gasteiger partial charge in [-0.1, -0.05) is 121 Å². The molecule has 4 aromatic rings. The van der Waals surface area contributed by atoms with Gasteiger partial charge in [-0.2, -0.15) is 0 Å². The van der Waals surface area contributed by atoms with Crippen molar-refractivity contribution in [2.24, 2.45) is 0 Å². The monoisotopic (exact) mass is 690 g/mol. The summed E-state index contributed by atoms with van der Waals surface area (Å²) in [5.41, 5.74) is 5.16. The summed E-state index contributed by atoms with van der Waals surface area (Å²) in [7, 11) is -8.47. The third-order valence-electron chi connectivity index (χ3n) is 8.28. The highest BCUT2D eigenvalue weighted by Crippen LogP contribution is 2.58. The molecule has 2 aliphatic heterocycles. The number of fused-ring (bicyclic) bond motifs is 2. The average Bonchev–Trinajstić information content (AvgIpc) is 3.40. The Morgan fingerprint density at radius 2 is 0.792 bits per heavy atom. The molecule has 0 aromatic heterocycles. The predicted molar refractivity (Wildman–Crippen MR) is 176 cm³/mol. The van der Waals surface area contributed by atoms with Crippen LogP contribution >= 0.6 is 15.6 Å². The summed E-state index contributed by atoms with van der Waals surface area (Å²) in [6, 6.07) is 34.2. The first kappa shape index (κ1) is 33.3. The highest BCUT2D eigenvalue weighted by atomic mass is 31.2. The number of hydrogen-bond acceptors (Lipinski definition) is 10. The van der Waals surface area contributed by atoms with Crippen molar-refractivity contribution < 1.29 is 45.7 Å². The molecule has 4 aromatic carbocycles. The molecule has 0 N–H and O–H groups in total. The number of hydrogen-bond donors (Lipinski definition) is 0. The minimum Gasteiger partial charge on any atom is -0.367 e. The van der Waals surface area contributed by atoms with Gasteiger partial charge >= 0.3 is 15.6 Å². The molecule has 0 amide bonds. The fourth-order valence-electron chi connectivity index (χ4n) is 5.65. The van der Waals surface area contributed by atoms with Crippen LogP contribution in [0.1, 0.15) is 33.4 Å². The Morgan fingerprint density at radius 3 is 1.12 bits per heavy atom. The molecule has 7 rings (SSSR count). The molecule has 4 atom stereocenters. The SMILES string of the molecule is O=P1(O[C@H]2[C@H](OP3(=O)OCc4ccccc4CO3)[C@@H](OCc3ccccc3)C=C[C@@H]2OCc2ccccc2)OCc2ccccc2CO1. The van der Waals surface area contributed by atoms with Crippen molar-refractivity contribution in [1.29, 1.82) is 0 Å². The van der Waals surface area contributed by atoms with E-state index in [2.05, 4.69) is 0 Å². The van der Waals surface area contributed by atoms with Crippen molar-refractivity contribution in [3.63, 3.8) is 0 Å². The maximum Gasteiger partial charge on any atom is 0.475 e. The second kappa shape index (κ2) is 15.1. The average molecular weight is 691 g/mol. The van der Waals surface area contributed by atoms with Crippen LogP contribution in [0.5, 0.6) is 0 Å². The predicted octanol–water partition coefficient (Wildman–Crippen LogP) is 8.21. The summed E-state index contributed by atoms with van der Waals surface area (Å²) < 4.78 is 77.1. The van der Waals surface area contributed by atoms with Gasteiger partial charge < -0.3 is 9.47 Å². The molecule has 10 nitrogen and oxygen atoms in total. The smallest absolute Gasteiger partial charge is 0.367 e. The fraction of sp³-hybridized carbons (Fsp3) is 0.278. The van der Waals surface area contributed by atoms with Crippen LogP contribution in [0, 0.1) is 0 Å². The lowest BCUT2D eigenvalue weighted by molar-refractivity contribution is -0.126. The van der Waals surface area contributed by atoms with E-state index < -0.39 is 40.1 Å². The van der Waals surface area contributed by atoms with E-state index in [1.165, 1.54) is 0 Å². The highest BCUT2D eigenvalue weighted by Gasteiger charge is 2.49. The molecule has 3 aliphatic rings. The Balaban J connectivity index is 1.20. The van der Waals surface area contributed by atoms with Crippen LogP contribution in [0.15, 0.2) is 121 Å². The lowest BCUT2D eigenvalue weighted by atomic mass is 9.96. The molecule has 12 heteroatoms. The zero-order chi connectivity index (χ0) is 32.8. The van der Waals surface area contributed by atoms with Crippen molar-refractivity contribution >= 4 is 15.6 Å². The maximum absolute atomic E-state index is 14.2. The summed E-state index contributed by atoms with van der Waals surface area (Å²) in [5.74, 6) is 0. The van der Waals surface area contributed by atoms with Crippen LogP contribution in [-0.2, 0) is 85.4 Å². The number of phosphoric ester groups is 2. The number of rotatable bonds is 10. The summed E-state index contributed by atoms with van der Waals surface area (Å²) in [6.07, 6.45) is -0.520. The first-order chi connectivity index (χ1) is 23.5. The Kier molecular flexibility index (Phi) is 10.5. The summed E-state index contributed by atoms with van der Waals surface area (Å²) in [5, 5.41) is 0. The van der Waals surface area contributed by atoms with Crippen LogP contribution < -0.4 is 0 Å². The van der Waals surface area contributed by atoms with Gasteiger partial charge in [-0.05, 0) is 33.4 Å². The summed E-state index contributed by atoms with van der Waals surface area (Å²) in [4.78, 5) is 0. The van der Waals surface area contributed by atoms with Gasteiger partial charge in [0.2, 0.25) is 0 Å². The molecule has 1 aliphatic carbocycles. The third-order valence-corrected chi connectivity index (χ3v) is 11.1. The van der Waals surface area contributed by atoms with Crippen molar-refractivity contribution in [3.05, 3.63) is 155 Å². The van der Waals surface area contributed by atoms with Gasteiger partial charge in [0, 0.05) is 0 Å². The van der Waals surface area contributed by atoms with Crippen LogP contribution in [0.2, 0.25) is 0 Å². The third kappa shape index (κ3) is 8.13. The molecule has 0 fully saturated rings. The maximum atomic E-state index is 14.2. The molecule has 0 saturated heterocycles. The van der Waals surface area contributed by atoms with E-state index in [-0.39, 0.29) is 39.6 Å². The van der Waals surface area contributed by atoms with Crippen molar-refractivity contribution in [3.8, 4) is 0 Å². The first-order valence-electron chi connectivity index (χ1n) is 15.7. The largest absolute Gasteiger partial charge is 0.475 e. The topological polar surface area (TPSA) is 108 Å². The molecular formula is C36H36O10P2. The molecule has 0 unspecified atom stereocenters. The Labute approximate surface area is 279 Å². The molecule has 0 radical (unpaired) electrons. The van der Waals surface area contributed by atoms with Gasteiger partial charge in [0.25, 0.3) is 0 Å². The molecule has 48 heavy (non-hydrogen) atoms. The number of ether oxygens (including phenoxy) is 2. The van der Waals surface area contributed by atoms with Crippen LogP contribution in [0.4, 0.5) is 0 Å². The minimum absolute atomic E-state index is 0.00792. The lowest BCUT2D eigenvalue weighted by Crippen LogP contribution is -2.50. The molecular weight excluding hydrogens is 654 g/mol. The van der Waals surface area contributed by atoms with Crippen LogP contribution in [-0.4, -0.2) is 24.4 Å². The second-order valence-corrected chi connectivity index (χ2v) is 14.8. The van der Waals surface area contributed by atoms with Gasteiger partial charge in [-0.25, -0.2) is 9.13 Å². The Morgan fingerprint density at radius 1 is 0.479 bits per heavy atom. The van der Waals surface area contributed by atoms with Crippen LogP contribution in [0.25, 0.3) is 0 Å².